The molecule has 0 aromatic heterocycles. The van der Waals surface area contributed by atoms with Crippen molar-refractivity contribution >= 4 is 34.5 Å². The number of para-hydroxylation sites is 2. The van der Waals surface area contributed by atoms with E-state index >= 15 is 0 Å². The number of hydrogen-bond donors (Lipinski definition) is 0. The second-order valence-electron chi connectivity index (χ2n) is 17.1. The second-order valence-corrected chi connectivity index (χ2v) is 17.1. The van der Waals surface area contributed by atoms with Crippen molar-refractivity contribution in [2.24, 2.45) is 0 Å². The minimum atomic E-state index is -0.0108. The van der Waals surface area contributed by atoms with E-state index in [1.165, 1.54) is 96.2 Å². The molecule has 0 radical (unpaired) electrons. The maximum atomic E-state index is 2.68. The topological polar surface area (TPSA) is 6.48 Å². The van der Waals surface area contributed by atoms with Gasteiger partial charge in [0.25, 0.3) is 0 Å². The minimum Gasteiger partial charge on any atom is -0.337 e. The van der Waals surface area contributed by atoms with E-state index < -0.39 is 0 Å². The van der Waals surface area contributed by atoms with Crippen molar-refractivity contribution in [3.63, 3.8) is 0 Å². The summed E-state index contributed by atoms with van der Waals surface area (Å²) in [5.41, 5.74) is 17.7. The molecule has 57 heavy (non-hydrogen) atoms. The fraction of sp³-hybridized carbons (Fsp3) is 0.200. The van der Waals surface area contributed by atoms with Crippen molar-refractivity contribution in [1.29, 1.82) is 0 Å². The van der Waals surface area contributed by atoms with E-state index in [0.29, 0.717) is 17.9 Å². The van der Waals surface area contributed by atoms with E-state index in [9.17, 15) is 0 Å². The number of fused-ring (bicyclic) bond motifs is 7. The highest BCUT2D eigenvalue weighted by atomic mass is 15.2. The summed E-state index contributed by atoms with van der Waals surface area (Å²) < 4.78 is 0. The van der Waals surface area contributed by atoms with Gasteiger partial charge in [0.2, 0.25) is 0 Å². The molecule has 7 aromatic carbocycles. The normalized spacial score (nSPS) is 19.8. The van der Waals surface area contributed by atoms with Crippen LogP contribution in [-0.4, -0.2) is 6.04 Å². The summed E-state index contributed by atoms with van der Waals surface area (Å²) in [5, 5.41) is 2.67. The zero-order chi connectivity index (χ0) is 38.1. The first-order chi connectivity index (χ1) is 28.0. The summed E-state index contributed by atoms with van der Waals surface area (Å²) in [6, 6.07) is 64.4. The third-order valence-electron chi connectivity index (χ3n) is 13.7. The van der Waals surface area contributed by atoms with Crippen molar-refractivity contribution in [1.82, 2.24) is 0 Å². The van der Waals surface area contributed by atoms with Gasteiger partial charge in [0.15, 0.2) is 0 Å². The fourth-order valence-corrected chi connectivity index (χ4v) is 10.9. The molecular formula is C55H48N2. The lowest BCUT2D eigenvalue weighted by molar-refractivity contribution is 0.361. The summed E-state index contributed by atoms with van der Waals surface area (Å²) in [7, 11) is 0. The molecule has 7 aromatic rings. The summed E-state index contributed by atoms with van der Waals surface area (Å²) in [6.07, 6.45) is 7.98. The second kappa shape index (κ2) is 13.5. The van der Waals surface area contributed by atoms with Crippen molar-refractivity contribution in [2.75, 3.05) is 9.80 Å². The molecule has 1 saturated carbocycles. The van der Waals surface area contributed by atoms with Crippen molar-refractivity contribution in [3.8, 4) is 22.3 Å². The van der Waals surface area contributed by atoms with Gasteiger partial charge in [-0.25, -0.2) is 0 Å². The number of anilines is 4. The zero-order valence-electron chi connectivity index (χ0n) is 32.9. The van der Waals surface area contributed by atoms with E-state index in [4.69, 9.17) is 0 Å². The van der Waals surface area contributed by atoms with Gasteiger partial charge >= 0.3 is 0 Å². The van der Waals surface area contributed by atoms with Crippen LogP contribution < -0.4 is 20.2 Å². The predicted molar refractivity (Wildman–Crippen MR) is 239 cm³/mol. The van der Waals surface area contributed by atoms with Crippen LogP contribution in [-0.2, 0) is 5.41 Å². The third kappa shape index (κ3) is 5.60. The monoisotopic (exact) mass is 736 g/mol. The highest BCUT2D eigenvalue weighted by molar-refractivity contribution is 5.85. The average Bonchev–Trinajstić information content (AvgIpc) is 3.72. The Kier molecular flexibility index (Phi) is 8.10. The van der Waals surface area contributed by atoms with Gasteiger partial charge in [-0.15, -0.1) is 0 Å². The summed E-state index contributed by atoms with van der Waals surface area (Å²) in [6.45, 7) is 4.76. The summed E-state index contributed by atoms with van der Waals surface area (Å²) in [4.78, 5) is 5.17. The maximum Gasteiger partial charge on any atom is 0.0458 e. The number of nitrogens with zero attached hydrogens (tertiary/aromatic N) is 2. The molecule has 0 bridgehead atoms. The molecule has 1 heterocycles. The lowest BCUT2D eigenvalue weighted by Gasteiger charge is -2.38. The van der Waals surface area contributed by atoms with Crippen LogP contribution in [0, 0.1) is 0 Å². The van der Waals surface area contributed by atoms with Crippen LogP contribution in [0.15, 0.2) is 170 Å². The molecular weight excluding hydrogens is 689 g/mol. The van der Waals surface area contributed by atoms with E-state index in [1.807, 2.05) is 0 Å². The van der Waals surface area contributed by atoms with Crippen LogP contribution in [0.3, 0.4) is 0 Å². The molecule has 11 rings (SSSR count). The molecule has 3 unspecified atom stereocenters. The lowest BCUT2D eigenvalue weighted by atomic mass is 9.74. The molecule has 1 fully saturated rings. The van der Waals surface area contributed by atoms with E-state index in [0.717, 1.165) is 19.3 Å². The van der Waals surface area contributed by atoms with Gasteiger partial charge in [0, 0.05) is 51.0 Å². The van der Waals surface area contributed by atoms with Gasteiger partial charge < -0.3 is 9.80 Å². The molecule has 1 aliphatic heterocycles. The smallest absolute Gasteiger partial charge is 0.0458 e. The summed E-state index contributed by atoms with van der Waals surface area (Å²) >= 11 is 0. The quantitative estimate of drug-likeness (QED) is 0.168. The van der Waals surface area contributed by atoms with Gasteiger partial charge in [0.1, 0.15) is 0 Å². The minimum absolute atomic E-state index is 0.0108. The molecule has 0 spiro atoms. The van der Waals surface area contributed by atoms with Gasteiger partial charge in [-0.2, -0.15) is 0 Å². The molecule has 0 N–H and O–H groups in total. The van der Waals surface area contributed by atoms with Crippen molar-refractivity contribution in [2.45, 2.75) is 69.2 Å². The average molecular weight is 737 g/mol. The van der Waals surface area contributed by atoms with Crippen LogP contribution in [0.1, 0.15) is 80.0 Å². The Bertz CT molecular complexity index is 2760. The molecule has 278 valence electrons. The number of hydrogen-bond acceptors (Lipinski definition) is 2. The Morgan fingerprint density at radius 1 is 0.596 bits per heavy atom. The Morgan fingerprint density at radius 3 is 2.12 bits per heavy atom. The first kappa shape index (κ1) is 34.2. The molecule has 2 nitrogen and oxygen atoms in total. The van der Waals surface area contributed by atoms with Gasteiger partial charge in [-0.1, -0.05) is 135 Å². The number of rotatable bonds is 6. The molecule has 2 heteroatoms. The maximum absolute atomic E-state index is 2.68. The van der Waals surface area contributed by atoms with E-state index in [1.54, 1.807) is 0 Å². The lowest BCUT2D eigenvalue weighted by Crippen LogP contribution is -2.35. The zero-order valence-corrected chi connectivity index (χ0v) is 32.9. The molecule has 0 saturated heterocycles. The van der Waals surface area contributed by atoms with Crippen molar-refractivity contribution in [3.05, 3.63) is 203 Å². The van der Waals surface area contributed by atoms with Crippen LogP contribution in [0.2, 0.25) is 0 Å². The Balaban J connectivity index is 0.922. The highest BCUT2D eigenvalue weighted by Gasteiger charge is 2.44. The predicted octanol–water partition coefficient (Wildman–Crippen LogP) is 12.8. The first-order valence-electron chi connectivity index (χ1n) is 21.0. The largest absolute Gasteiger partial charge is 0.337 e. The fourth-order valence-electron chi connectivity index (χ4n) is 10.9. The standard InChI is InChI=1S/C55H48N2/c1-55(2)50-22-12-11-21-46(50)47-31-26-40(35-51(47)55)39-28-33-53-49(34-39)48-32-27-41(36-54(48)57(53)43-18-7-4-8-19-43)37-24-29-44(30-25-37)56(42-16-5-3-6-17-42)52-23-13-15-38-14-9-10-20-45(38)52/h3-12,14-22,24-26,28-31,33-35,41,48,54H,13,23,27,32,36H2,1-2H3. The Morgan fingerprint density at radius 2 is 1.28 bits per heavy atom. The molecule has 4 aliphatic rings. The Labute approximate surface area is 337 Å². The van der Waals surface area contributed by atoms with Gasteiger partial charge in [0.05, 0.1) is 0 Å². The van der Waals surface area contributed by atoms with Crippen LogP contribution in [0.5, 0.6) is 0 Å². The van der Waals surface area contributed by atoms with E-state index in [-0.39, 0.29) is 5.41 Å². The van der Waals surface area contributed by atoms with Crippen LogP contribution in [0.25, 0.3) is 34.0 Å². The Hall–Kier alpha value is -6.12. The SMILES string of the molecule is CC1(C)c2ccccc2-c2ccc(-c3ccc4c(c3)C3CCC(c5ccc(N(C6=c7ccccc7=CCC6)c6ccccc6)cc5)CC3N4c3ccccc3)cc21. The number of benzene rings is 7. The van der Waals surface area contributed by atoms with Crippen LogP contribution >= 0.6 is 0 Å². The summed E-state index contributed by atoms with van der Waals surface area (Å²) in [5.74, 6) is 1.00. The third-order valence-corrected chi connectivity index (χ3v) is 13.7. The van der Waals surface area contributed by atoms with Gasteiger partial charge in [-0.3, -0.25) is 0 Å². The van der Waals surface area contributed by atoms with Crippen LogP contribution in [0.4, 0.5) is 22.7 Å². The molecule has 3 atom stereocenters. The first-order valence-corrected chi connectivity index (χ1v) is 21.0. The highest BCUT2D eigenvalue weighted by Crippen LogP contribution is 2.55. The molecule has 3 aliphatic carbocycles. The van der Waals surface area contributed by atoms with Gasteiger partial charge in [-0.05, 0) is 142 Å². The van der Waals surface area contributed by atoms with E-state index in [2.05, 4.69) is 200 Å². The molecule has 0 amide bonds. The van der Waals surface area contributed by atoms with Crippen molar-refractivity contribution < 1.29 is 0 Å².